The van der Waals surface area contributed by atoms with Crippen LogP contribution in [0.5, 0.6) is 0 Å². The first-order chi connectivity index (χ1) is 12.4. The first-order valence-corrected chi connectivity index (χ1v) is 9.82. The van der Waals surface area contributed by atoms with Gasteiger partial charge in [0, 0.05) is 43.2 Å². The summed E-state index contributed by atoms with van der Waals surface area (Å²) in [4.78, 5) is 28.5. The highest BCUT2D eigenvalue weighted by Gasteiger charge is 2.30. The van der Waals surface area contributed by atoms with Gasteiger partial charge in [0.2, 0.25) is 11.8 Å². The van der Waals surface area contributed by atoms with E-state index in [1.54, 1.807) is 4.90 Å². The minimum atomic E-state index is -0.650. The van der Waals surface area contributed by atoms with Crippen LogP contribution in [0.4, 0.5) is 8.78 Å². The summed E-state index contributed by atoms with van der Waals surface area (Å²) in [5.41, 5.74) is 0. The lowest BCUT2D eigenvalue weighted by atomic mass is 10.2. The van der Waals surface area contributed by atoms with Gasteiger partial charge in [0.05, 0.1) is 11.8 Å². The lowest BCUT2D eigenvalue weighted by Crippen LogP contribution is -2.55. The Morgan fingerprint density at radius 3 is 2.54 bits per heavy atom. The number of benzene rings is 1. The summed E-state index contributed by atoms with van der Waals surface area (Å²) < 4.78 is 26.5. The summed E-state index contributed by atoms with van der Waals surface area (Å²) in [5, 5.41) is 3.01. The fourth-order valence-electron chi connectivity index (χ4n) is 2.90. The van der Waals surface area contributed by atoms with Crippen LogP contribution in [-0.2, 0) is 9.59 Å². The summed E-state index contributed by atoms with van der Waals surface area (Å²) >= 11 is 1.07. The molecule has 1 aromatic carbocycles. The summed E-state index contributed by atoms with van der Waals surface area (Å²) in [7, 11) is 0. The molecule has 26 heavy (non-hydrogen) atoms. The van der Waals surface area contributed by atoms with E-state index in [1.807, 2.05) is 6.92 Å². The first kappa shape index (κ1) is 19.1. The molecule has 1 aromatic rings. The van der Waals surface area contributed by atoms with E-state index in [4.69, 9.17) is 0 Å². The van der Waals surface area contributed by atoms with E-state index in [0.717, 1.165) is 30.7 Å². The smallest absolute Gasteiger partial charge is 0.237 e. The molecule has 8 heteroatoms. The summed E-state index contributed by atoms with van der Waals surface area (Å²) in [5.74, 6) is -1.19. The second-order valence-corrected chi connectivity index (χ2v) is 7.76. The van der Waals surface area contributed by atoms with Crippen molar-refractivity contribution in [1.29, 1.82) is 0 Å². The number of amides is 2. The number of halogens is 2. The van der Waals surface area contributed by atoms with Crippen molar-refractivity contribution in [3.63, 3.8) is 0 Å². The molecule has 3 rings (SSSR count). The van der Waals surface area contributed by atoms with Gasteiger partial charge in [0.1, 0.15) is 11.6 Å². The van der Waals surface area contributed by atoms with Gasteiger partial charge < -0.3 is 10.2 Å². The van der Waals surface area contributed by atoms with Gasteiger partial charge in [0.15, 0.2) is 0 Å². The number of hydrogen-bond donors (Lipinski definition) is 1. The third kappa shape index (κ3) is 4.94. The molecule has 1 N–H and O–H groups in total. The second-order valence-electron chi connectivity index (χ2n) is 6.74. The number of hydrogen-bond acceptors (Lipinski definition) is 4. The van der Waals surface area contributed by atoms with Crippen molar-refractivity contribution in [1.82, 2.24) is 15.1 Å². The molecule has 1 saturated heterocycles. The molecular formula is C18H23F2N3O2S. The highest BCUT2D eigenvalue weighted by atomic mass is 32.2. The number of nitrogens with one attached hydrogen (secondary N) is 1. The van der Waals surface area contributed by atoms with Crippen LogP contribution < -0.4 is 5.32 Å². The van der Waals surface area contributed by atoms with E-state index in [9.17, 15) is 18.4 Å². The summed E-state index contributed by atoms with van der Waals surface area (Å²) in [6, 6.07) is 3.50. The average Bonchev–Trinajstić information content (AvgIpc) is 3.44. The Kier molecular flexibility index (Phi) is 6.13. The maximum atomic E-state index is 13.6. The zero-order valence-corrected chi connectivity index (χ0v) is 15.5. The fourth-order valence-corrected chi connectivity index (χ4v) is 3.72. The van der Waals surface area contributed by atoms with Crippen LogP contribution in [0.15, 0.2) is 23.1 Å². The van der Waals surface area contributed by atoms with Crippen molar-refractivity contribution in [3.05, 3.63) is 29.8 Å². The maximum absolute atomic E-state index is 13.6. The molecule has 0 bridgehead atoms. The third-order valence-electron chi connectivity index (χ3n) is 4.76. The molecule has 1 aliphatic heterocycles. The van der Waals surface area contributed by atoms with Crippen LogP contribution in [0.25, 0.3) is 0 Å². The Morgan fingerprint density at radius 1 is 1.23 bits per heavy atom. The highest BCUT2D eigenvalue weighted by Crippen LogP contribution is 2.23. The quantitative estimate of drug-likeness (QED) is 0.762. The fraction of sp³-hybridized carbons (Fsp3) is 0.556. The van der Waals surface area contributed by atoms with Gasteiger partial charge >= 0.3 is 0 Å². The van der Waals surface area contributed by atoms with Crippen molar-refractivity contribution in [2.24, 2.45) is 0 Å². The molecule has 5 nitrogen and oxygen atoms in total. The number of carbonyl (C=O) groups is 2. The van der Waals surface area contributed by atoms with Gasteiger partial charge in [-0.2, -0.15) is 0 Å². The molecule has 1 atom stereocenters. The van der Waals surface area contributed by atoms with E-state index >= 15 is 0 Å². The van der Waals surface area contributed by atoms with E-state index in [1.165, 1.54) is 12.1 Å². The molecular weight excluding hydrogens is 360 g/mol. The van der Waals surface area contributed by atoms with Gasteiger partial charge in [-0.3, -0.25) is 14.5 Å². The number of rotatable bonds is 6. The van der Waals surface area contributed by atoms with Crippen molar-refractivity contribution < 1.29 is 18.4 Å². The molecule has 2 amide bonds. The van der Waals surface area contributed by atoms with E-state index in [0.29, 0.717) is 32.2 Å². The minimum Gasteiger partial charge on any atom is -0.352 e. The normalized spacial score (nSPS) is 19.3. The Morgan fingerprint density at radius 2 is 1.92 bits per heavy atom. The lowest BCUT2D eigenvalue weighted by Gasteiger charge is -2.37. The van der Waals surface area contributed by atoms with Crippen LogP contribution in [-0.4, -0.2) is 65.6 Å². The van der Waals surface area contributed by atoms with Crippen molar-refractivity contribution in [3.8, 4) is 0 Å². The molecule has 2 aliphatic rings. The molecule has 1 aliphatic carbocycles. The van der Waals surface area contributed by atoms with Crippen LogP contribution >= 0.6 is 11.8 Å². The van der Waals surface area contributed by atoms with Crippen LogP contribution in [0.2, 0.25) is 0 Å². The summed E-state index contributed by atoms with van der Waals surface area (Å²) in [6.45, 7) is 4.27. The largest absolute Gasteiger partial charge is 0.352 e. The molecule has 0 spiro atoms. The molecule has 1 unspecified atom stereocenters. The van der Waals surface area contributed by atoms with Gasteiger partial charge in [-0.25, -0.2) is 8.78 Å². The minimum absolute atomic E-state index is 0.0506. The van der Waals surface area contributed by atoms with Gasteiger partial charge in [-0.1, -0.05) is 0 Å². The van der Waals surface area contributed by atoms with E-state index < -0.39 is 11.6 Å². The Labute approximate surface area is 156 Å². The zero-order valence-electron chi connectivity index (χ0n) is 14.7. The molecule has 0 radical (unpaired) electrons. The maximum Gasteiger partial charge on any atom is 0.237 e. The van der Waals surface area contributed by atoms with Crippen LogP contribution in [0.1, 0.15) is 19.8 Å². The lowest BCUT2D eigenvalue weighted by molar-refractivity contribution is -0.131. The third-order valence-corrected chi connectivity index (χ3v) is 5.80. The Balaban J connectivity index is 1.43. The average molecular weight is 383 g/mol. The van der Waals surface area contributed by atoms with Crippen molar-refractivity contribution >= 4 is 23.6 Å². The molecule has 1 heterocycles. The predicted octanol–water partition coefficient (Wildman–Crippen LogP) is 1.87. The van der Waals surface area contributed by atoms with Crippen LogP contribution in [0, 0.1) is 11.6 Å². The standard InChI is InChI=1S/C18H23F2N3O2S/c1-12(18(25)21-14-3-4-14)22-6-8-23(9-7-22)17(24)11-26-16-5-2-13(19)10-15(16)20/h2,5,10,12,14H,3-4,6-9,11H2,1H3,(H,21,25). The molecule has 1 saturated carbocycles. The number of piperazine rings is 1. The van der Waals surface area contributed by atoms with Gasteiger partial charge in [-0.15, -0.1) is 11.8 Å². The van der Waals surface area contributed by atoms with Gasteiger partial charge in [-0.05, 0) is 31.9 Å². The van der Waals surface area contributed by atoms with Gasteiger partial charge in [0.25, 0.3) is 0 Å². The van der Waals surface area contributed by atoms with E-state index in [-0.39, 0.29) is 28.5 Å². The molecule has 2 fully saturated rings. The zero-order chi connectivity index (χ0) is 18.7. The molecule has 142 valence electrons. The second kappa shape index (κ2) is 8.35. The van der Waals surface area contributed by atoms with Crippen LogP contribution in [0.3, 0.4) is 0 Å². The van der Waals surface area contributed by atoms with Crippen molar-refractivity contribution in [2.45, 2.75) is 36.7 Å². The number of nitrogens with zero attached hydrogens (tertiary/aromatic N) is 2. The highest BCUT2D eigenvalue weighted by molar-refractivity contribution is 8.00. The Bertz CT molecular complexity index is 676. The van der Waals surface area contributed by atoms with Crippen molar-refractivity contribution in [2.75, 3.05) is 31.9 Å². The monoisotopic (exact) mass is 383 g/mol. The topological polar surface area (TPSA) is 52.7 Å². The molecule has 0 aromatic heterocycles. The van der Waals surface area contributed by atoms with E-state index in [2.05, 4.69) is 10.2 Å². The number of carbonyl (C=O) groups excluding carboxylic acids is 2. The first-order valence-electron chi connectivity index (χ1n) is 8.84. The SMILES string of the molecule is CC(C(=O)NC1CC1)N1CCN(C(=O)CSc2ccc(F)cc2F)CC1. The predicted molar refractivity (Wildman–Crippen MR) is 95.9 cm³/mol. The number of thioether (sulfide) groups is 1. The summed E-state index contributed by atoms with van der Waals surface area (Å²) in [6.07, 6.45) is 2.13. The Hall–Kier alpha value is -1.67.